The van der Waals surface area contributed by atoms with E-state index in [0.29, 0.717) is 36.9 Å². The predicted octanol–water partition coefficient (Wildman–Crippen LogP) is 3.49. The molecule has 0 radical (unpaired) electrons. The molecule has 3 rings (SSSR count). The molecule has 0 bridgehead atoms. The minimum absolute atomic E-state index is 0.0163. The van der Waals surface area contributed by atoms with E-state index in [2.05, 4.69) is 58.7 Å². The minimum atomic E-state index is -1.05. The Labute approximate surface area is 199 Å². The molecule has 0 amide bonds. The van der Waals surface area contributed by atoms with E-state index in [-0.39, 0.29) is 17.4 Å². The maximum atomic E-state index is 11.2. The highest BCUT2D eigenvalue weighted by molar-refractivity contribution is 5.85. The van der Waals surface area contributed by atoms with Crippen LogP contribution < -0.4 is 10.6 Å². The Balaban J connectivity index is 1.66. The summed E-state index contributed by atoms with van der Waals surface area (Å²) in [5.41, 5.74) is 3.80. The van der Waals surface area contributed by atoms with Gasteiger partial charge in [-0.2, -0.15) is 0 Å². The van der Waals surface area contributed by atoms with Gasteiger partial charge in [0.2, 0.25) is 0 Å². The average Bonchev–Trinajstić information content (AvgIpc) is 2.83. The molecule has 0 aliphatic rings. The SMILES string of the molecule is CC(C)c1ccc(CC(CNCc2cccc(C(=O)O)n2)NCc2cccc(C(=O)O)n2)cc1. The quantitative estimate of drug-likeness (QED) is 0.322. The highest BCUT2D eigenvalue weighted by Gasteiger charge is 2.12. The number of benzene rings is 1. The maximum Gasteiger partial charge on any atom is 0.354 e. The number of nitrogens with one attached hydrogen (secondary N) is 2. The zero-order valence-corrected chi connectivity index (χ0v) is 19.4. The number of carboxylic acids is 2. The zero-order chi connectivity index (χ0) is 24.5. The fourth-order valence-electron chi connectivity index (χ4n) is 3.56. The number of carbonyl (C=O) groups is 2. The topological polar surface area (TPSA) is 124 Å². The van der Waals surface area contributed by atoms with Gasteiger partial charge < -0.3 is 20.8 Å². The summed E-state index contributed by atoms with van der Waals surface area (Å²) in [7, 11) is 0. The minimum Gasteiger partial charge on any atom is -0.477 e. The molecule has 178 valence electrons. The third-order valence-corrected chi connectivity index (χ3v) is 5.45. The number of carboxylic acid groups (broad SMARTS) is 2. The van der Waals surface area contributed by atoms with Crippen molar-refractivity contribution < 1.29 is 19.8 Å². The molecule has 3 aromatic rings. The summed E-state index contributed by atoms with van der Waals surface area (Å²) in [6, 6.07) is 18.5. The first kappa shape index (κ1) is 25.0. The first-order valence-electron chi connectivity index (χ1n) is 11.2. The van der Waals surface area contributed by atoms with Gasteiger partial charge in [0, 0.05) is 25.7 Å². The van der Waals surface area contributed by atoms with Gasteiger partial charge in [-0.3, -0.25) is 0 Å². The molecule has 0 fully saturated rings. The van der Waals surface area contributed by atoms with Crippen molar-refractivity contribution in [2.24, 2.45) is 0 Å². The molecule has 1 atom stereocenters. The second-order valence-electron chi connectivity index (χ2n) is 8.45. The number of aromatic nitrogens is 2. The molecule has 4 N–H and O–H groups in total. The summed E-state index contributed by atoms with van der Waals surface area (Å²) in [6.45, 7) is 5.77. The van der Waals surface area contributed by atoms with Crippen LogP contribution >= 0.6 is 0 Å². The van der Waals surface area contributed by atoms with Crippen molar-refractivity contribution in [1.82, 2.24) is 20.6 Å². The van der Waals surface area contributed by atoms with E-state index in [9.17, 15) is 14.7 Å². The van der Waals surface area contributed by atoms with Crippen LogP contribution in [0.1, 0.15) is 63.3 Å². The van der Waals surface area contributed by atoms with Crippen LogP contribution in [0.2, 0.25) is 0 Å². The van der Waals surface area contributed by atoms with Gasteiger partial charge in [-0.25, -0.2) is 19.6 Å². The van der Waals surface area contributed by atoms with Crippen LogP contribution in [-0.4, -0.2) is 44.7 Å². The lowest BCUT2D eigenvalue weighted by atomic mass is 9.99. The number of nitrogens with zero attached hydrogens (tertiary/aromatic N) is 2. The Kier molecular flexibility index (Phi) is 8.84. The lowest BCUT2D eigenvalue weighted by molar-refractivity contribution is 0.0679. The summed E-state index contributed by atoms with van der Waals surface area (Å²) >= 11 is 0. The second kappa shape index (κ2) is 12.0. The summed E-state index contributed by atoms with van der Waals surface area (Å²) in [5, 5.41) is 25.1. The monoisotopic (exact) mass is 462 g/mol. The number of aromatic carboxylic acids is 2. The van der Waals surface area contributed by atoms with Crippen molar-refractivity contribution in [1.29, 1.82) is 0 Å². The van der Waals surface area contributed by atoms with Gasteiger partial charge >= 0.3 is 11.9 Å². The van der Waals surface area contributed by atoms with Gasteiger partial charge in [-0.1, -0.05) is 50.2 Å². The normalized spacial score (nSPS) is 12.0. The van der Waals surface area contributed by atoms with Crippen molar-refractivity contribution in [3.05, 3.63) is 94.6 Å². The zero-order valence-electron chi connectivity index (χ0n) is 19.4. The number of hydrogen-bond donors (Lipinski definition) is 4. The van der Waals surface area contributed by atoms with Crippen molar-refractivity contribution >= 4 is 11.9 Å². The van der Waals surface area contributed by atoms with Crippen LogP contribution in [0.5, 0.6) is 0 Å². The molecule has 0 saturated heterocycles. The van der Waals surface area contributed by atoms with Gasteiger partial charge in [0.25, 0.3) is 0 Å². The summed E-state index contributed by atoms with van der Waals surface area (Å²) < 4.78 is 0. The summed E-state index contributed by atoms with van der Waals surface area (Å²) in [4.78, 5) is 30.7. The van der Waals surface area contributed by atoms with Gasteiger partial charge in [0.05, 0.1) is 11.4 Å². The van der Waals surface area contributed by atoms with Crippen LogP contribution in [0.3, 0.4) is 0 Å². The molecule has 0 aliphatic heterocycles. The third-order valence-electron chi connectivity index (χ3n) is 5.45. The summed E-state index contributed by atoms with van der Waals surface area (Å²) in [5.74, 6) is -1.64. The van der Waals surface area contributed by atoms with Gasteiger partial charge in [0.1, 0.15) is 11.4 Å². The van der Waals surface area contributed by atoms with E-state index in [0.717, 1.165) is 6.42 Å². The van der Waals surface area contributed by atoms with Crippen LogP contribution in [0.25, 0.3) is 0 Å². The summed E-state index contributed by atoms with van der Waals surface area (Å²) in [6.07, 6.45) is 0.757. The van der Waals surface area contributed by atoms with Gasteiger partial charge in [-0.15, -0.1) is 0 Å². The van der Waals surface area contributed by atoms with Crippen LogP contribution in [0.4, 0.5) is 0 Å². The van der Waals surface area contributed by atoms with Crippen molar-refractivity contribution in [2.45, 2.75) is 45.3 Å². The molecule has 2 aromatic heterocycles. The van der Waals surface area contributed by atoms with Crippen LogP contribution in [0.15, 0.2) is 60.7 Å². The van der Waals surface area contributed by atoms with Gasteiger partial charge in [-0.05, 0) is 47.7 Å². The van der Waals surface area contributed by atoms with Crippen molar-refractivity contribution in [2.75, 3.05) is 6.54 Å². The Morgan fingerprint density at radius 3 is 1.91 bits per heavy atom. The van der Waals surface area contributed by atoms with E-state index < -0.39 is 11.9 Å². The molecule has 8 nitrogen and oxygen atoms in total. The largest absolute Gasteiger partial charge is 0.477 e. The lowest BCUT2D eigenvalue weighted by Gasteiger charge is -2.20. The fraction of sp³-hybridized carbons (Fsp3) is 0.308. The standard InChI is InChI=1S/C26H30N4O4/c1-17(2)19-11-9-18(10-12-19)13-22(28-16-21-6-4-8-24(30-21)26(33)34)15-27-14-20-5-3-7-23(29-20)25(31)32/h3-12,17,22,27-28H,13-16H2,1-2H3,(H,31,32)(H,33,34). The number of hydrogen-bond acceptors (Lipinski definition) is 6. The second-order valence-corrected chi connectivity index (χ2v) is 8.45. The van der Waals surface area contributed by atoms with Crippen molar-refractivity contribution in [3.63, 3.8) is 0 Å². The Bertz CT molecular complexity index is 1120. The first-order valence-corrected chi connectivity index (χ1v) is 11.2. The number of rotatable bonds is 12. The molecule has 0 saturated carbocycles. The highest BCUT2D eigenvalue weighted by Crippen LogP contribution is 2.15. The van der Waals surface area contributed by atoms with E-state index >= 15 is 0 Å². The van der Waals surface area contributed by atoms with Crippen LogP contribution in [0, 0.1) is 0 Å². The molecular formula is C26H30N4O4. The first-order chi connectivity index (χ1) is 16.3. The number of pyridine rings is 2. The molecule has 8 heteroatoms. The third kappa shape index (κ3) is 7.47. The molecule has 0 aliphatic carbocycles. The maximum absolute atomic E-state index is 11.2. The lowest BCUT2D eigenvalue weighted by Crippen LogP contribution is -2.40. The molecule has 1 unspecified atom stereocenters. The molecular weight excluding hydrogens is 432 g/mol. The van der Waals surface area contributed by atoms with E-state index in [1.165, 1.54) is 23.3 Å². The van der Waals surface area contributed by atoms with Crippen molar-refractivity contribution in [3.8, 4) is 0 Å². The smallest absolute Gasteiger partial charge is 0.354 e. The van der Waals surface area contributed by atoms with E-state index in [1.807, 2.05) is 0 Å². The Hall–Kier alpha value is -3.62. The fourth-order valence-corrected chi connectivity index (χ4v) is 3.56. The van der Waals surface area contributed by atoms with Gasteiger partial charge in [0.15, 0.2) is 0 Å². The Morgan fingerprint density at radius 2 is 1.38 bits per heavy atom. The van der Waals surface area contributed by atoms with E-state index in [4.69, 9.17) is 5.11 Å². The molecule has 2 heterocycles. The molecule has 0 spiro atoms. The average molecular weight is 463 g/mol. The Morgan fingerprint density at radius 1 is 0.824 bits per heavy atom. The molecule has 34 heavy (non-hydrogen) atoms. The van der Waals surface area contributed by atoms with Crippen LogP contribution in [-0.2, 0) is 19.5 Å². The molecule has 1 aromatic carbocycles. The highest BCUT2D eigenvalue weighted by atomic mass is 16.4. The predicted molar refractivity (Wildman–Crippen MR) is 129 cm³/mol. The van der Waals surface area contributed by atoms with E-state index in [1.54, 1.807) is 24.3 Å².